The van der Waals surface area contributed by atoms with Crippen molar-refractivity contribution in [2.24, 2.45) is 0 Å². The van der Waals surface area contributed by atoms with Crippen LogP contribution in [0.1, 0.15) is 62.1 Å². The summed E-state index contributed by atoms with van der Waals surface area (Å²) in [5.41, 5.74) is 3.10. The first-order valence-electron chi connectivity index (χ1n) is 15.0. The van der Waals surface area contributed by atoms with Crippen molar-refractivity contribution in [1.29, 1.82) is 0 Å². The fraction of sp³-hybridized carbons (Fsp3) is 0.412. The maximum absolute atomic E-state index is 14.3. The highest BCUT2D eigenvalue weighted by Crippen LogP contribution is 2.28. The van der Waals surface area contributed by atoms with E-state index in [0.717, 1.165) is 53.1 Å². The Labute approximate surface area is 256 Å². The van der Waals surface area contributed by atoms with E-state index in [9.17, 15) is 18.0 Å². The molecule has 0 aromatic heterocycles. The molecule has 230 valence electrons. The lowest BCUT2D eigenvalue weighted by atomic mass is 9.95. The van der Waals surface area contributed by atoms with Crippen LogP contribution in [0, 0.1) is 13.8 Å². The Kier molecular flexibility index (Phi) is 10.9. The van der Waals surface area contributed by atoms with E-state index in [4.69, 9.17) is 4.74 Å². The summed E-state index contributed by atoms with van der Waals surface area (Å²) in [7, 11) is -2.65. The van der Waals surface area contributed by atoms with Gasteiger partial charge in [-0.15, -0.1) is 0 Å². The monoisotopic (exact) mass is 605 g/mol. The molecule has 9 heteroatoms. The molecular weight excluding hydrogens is 562 g/mol. The van der Waals surface area contributed by atoms with E-state index in [1.807, 2.05) is 45.0 Å². The number of aryl methyl sites for hydroxylation is 2. The maximum Gasteiger partial charge on any atom is 0.264 e. The van der Waals surface area contributed by atoms with Gasteiger partial charge in [0.25, 0.3) is 10.0 Å². The molecule has 2 amide bonds. The number of benzene rings is 3. The zero-order valence-corrected chi connectivity index (χ0v) is 26.4. The van der Waals surface area contributed by atoms with Crippen LogP contribution in [0.5, 0.6) is 5.75 Å². The van der Waals surface area contributed by atoms with Crippen LogP contribution in [0.25, 0.3) is 0 Å². The predicted molar refractivity (Wildman–Crippen MR) is 170 cm³/mol. The molecule has 0 bridgehead atoms. The van der Waals surface area contributed by atoms with Crippen LogP contribution in [0.15, 0.2) is 77.7 Å². The second-order valence-electron chi connectivity index (χ2n) is 11.2. The smallest absolute Gasteiger partial charge is 0.264 e. The first-order valence-corrected chi connectivity index (χ1v) is 16.5. The summed E-state index contributed by atoms with van der Waals surface area (Å²) >= 11 is 0. The Balaban J connectivity index is 1.73. The Hall–Kier alpha value is -3.85. The third-order valence-electron chi connectivity index (χ3n) is 8.17. The third kappa shape index (κ3) is 7.96. The van der Waals surface area contributed by atoms with Gasteiger partial charge in [-0.1, -0.05) is 74.2 Å². The van der Waals surface area contributed by atoms with E-state index in [1.165, 1.54) is 7.11 Å². The van der Waals surface area contributed by atoms with Crippen LogP contribution >= 0.6 is 0 Å². The number of amides is 2. The number of nitrogens with one attached hydrogen (secondary N) is 1. The van der Waals surface area contributed by atoms with Crippen molar-refractivity contribution >= 4 is 27.5 Å². The van der Waals surface area contributed by atoms with E-state index in [0.29, 0.717) is 17.9 Å². The van der Waals surface area contributed by atoms with E-state index in [2.05, 4.69) is 5.32 Å². The summed E-state index contributed by atoms with van der Waals surface area (Å²) in [6.07, 6.45) is 5.54. The van der Waals surface area contributed by atoms with Gasteiger partial charge in [0.05, 0.1) is 17.7 Å². The van der Waals surface area contributed by atoms with Gasteiger partial charge in [0.15, 0.2) is 0 Å². The van der Waals surface area contributed by atoms with Gasteiger partial charge in [0, 0.05) is 18.7 Å². The van der Waals surface area contributed by atoms with Gasteiger partial charge in [-0.3, -0.25) is 13.9 Å². The molecule has 43 heavy (non-hydrogen) atoms. The number of nitrogens with zero attached hydrogens (tertiary/aromatic N) is 2. The standard InChI is InChI=1S/C34H43N3O5S/c1-5-32(34(39)35-28-14-7-6-8-15-28)36(23-27-13-10-9-12-26(27)3)33(38)24-37(29-16-11-17-30(22-29)42-4)43(40,41)31-20-18-25(2)19-21-31/h9-13,16-22,28,32H,5-8,14-15,23-24H2,1-4H3,(H,35,39). The van der Waals surface area contributed by atoms with E-state index in [-0.39, 0.29) is 23.4 Å². The SMILES string of the molecule is CCC(C(=O)NC1CCCCC1)N(Cc1ccccc1C)C(=O)CN(c1cccc(OC)c1)S(=O)(=O)c1ccc(C)cc1. The highest BCUT2D eigenvalue weighted by Gasteiger charge is 2.34. The second kappa shape index (κ2) is 14.6. The van der Waals surface area contributed by atoms with Gasteiger partial charge in [0.2, 0.25) is 11.8 Å². The highest BCUT2D eigenvalue weighted by atomic mass is 32.2. The van der Waals surface area contributed by atoms with Crippen molar-refractivity contribution in [3.63, 3.8) is 0 Å². The molecule has 0 spiro atoms. The number of carbonyl (C=O) groups excluding carboxylic acids is 2. The largest absolute Gasteiger partial charge is 0.497 e. The number of rotatable bonds is 12. The Bertz CT molecular complexity index is 1500. The van der Waals surface area contributed by atoms with Gasteiger partial charge in [-0.25, -0.2) is 8.42 Å². The number of hydrogen-bond donors (Lipinski definition) is 1. The van der Waals surface area contributed by atoms with Crippen molar-refractivity contribution in [2.75, 3.05) is 18.0 Å². The molecule has 1 aliphatic rings. The Morgan fingerprint density at radius 1 is 0.953 bits per heavy atom. The van der Waals surface area contributed by atoms with Gasteiger partial charge in [0.1, 0.15) is 18.3 Å². The van der Waals surface area contributed by atoms with Gasteiger partial charge in [-0.2, -0.15) is 0 Å². The molecule has 3 aromatic rings. The summed E-state index contributed by atoms with van der Waals surface area (Å²) in [5.74, 6) is -0.206. The highest BCUT2D eigenvalue weighted by molar-refractivity contribution is 7.92. The van der Waals surface area contributed by atoms with Crippen molar-refractivity contribution in [2.45, 2.75) is 82.8 Å². The molecule has 4 rings (SSSR count). The predicted octanol–water partition coefficient (Wildman–Crippen LogP) is 5.76. The van der Waals surface area contributed by atoms with E-state index in [1.54, 1.807) is 53.4 Å². The lowest BCUT2D eigenvalue weighted by molar-refractivity contribution is -0.140. The van der Waals surface area contributed by atoms with Crippen molar-refractivity contribution in [3.8, 4) is 5.75 Å². The molecule has 3 aromatic carbocycles. The molecule has 0 heterocycles. The van der Waals surface area contributed by atoms with Crippen molar-refractivity contribution in [1.82, 2.24) is 10.2 Å². The van der Waals surface area contributed by atoms with Crippen LogP contribution in [0.2, 0.25) is 0 Å². The fourth-order valence-corrected chi connectivity index (χ4v) is 6.97. The normalized spacial score (nSPS) is 14.5. The van der Waals surface area contributed by atoms with E-state index >= 15 is 0 Å². The second-order valence-corrected chi connectivity index (χ2v) is 13.1. The van der Waals surface area contributed by atoms with Crippen LogP contribution in [-0.2, 0) is 26.2 Å². The van der Waals surface area contributed by atoms with Gasteiger partial charge < -0.3 is 15.0 Å². The average Bonchev–Trinajstić information content (AvgIpc) is 3.01. The number of sulfonamides is 1. The van der Waals surface area contributed by atoms with Crippen molar-refractivity contribution in [3.05, 3.63) is 89.5 Å². The lowest BCUT2D eigenvalue weighted by Crippen LogP contribution is -2.54. The first kappa shape index (κ1) is 32.1. The van der Waals surface area contributed by atoms with Gasteiger partial charge >= 0.3 is 0 Å². The number of hydrogen-bond acceptors (Lipinski definition) is 5. The molecule has 0 saturated heterocycles. The zero-order chi connectivity index (χ0) is 31.0. The zero-order valence-electron chi connectivity index (χ0n) is 25.6. The number of methoxy groups -OCH3 is 1. The van der Waals surface area contributed by atoms with Crippen LogP contribution in [0.3, 0.4) is 0 Å². The molecule has 1 unspecified atom stereocenters. The quantitative estimate of drug-likeness (QED) is 0.283. The summed E-state index contributed by atoms with van der Waals surface area (Å²) in [6, 6.07) is 20.2. The molecule has 1 N–H and O–H groups in total. The minimum absolute atomic E-state index is 0.0706. The fourth-order valence-electron chi connectivity index (χ4n) is 5.57. The minimum Gasteiger partial charge on any atom is -0.497 e. The van der Waals surface area contributed by atoms with E-state index < -0.39 is 28.5 Å². The molecule has 1 fully saturated rings. The topological polar surface area (TPSA) is 96.0 Å². The summed E-state index contributed by atoms with van der Waals surface area (Å²) in [4.78, 5) is 29.6. The van der Waals surface area contributed by atoms with Crippen LogP contribution in [0.4, 0.5) is 5.69 Å². The summed E-state index contributed by atoms with van der Waals surface area (Å²) < 4.78 is 34.7. The maximum atomic E-state index is 14.3. The number of carbonyl (C=O) groups is 2. The molecule has 1 saturated carbocycles. The van der Waals surface area contributed by atoms with Crippen LogP contribution in [-0.4, -0.2) is 50.9 Å². The molecule has 0 radical (unpaired) electrons. The minimum atomic E-state index is -4.15. The third-order valence-corrected chi connectivity index (χ3v) is 9.96. The molecular formula is C34H43N3O5S. The Morgan fingerprint density at radius 2 is 1.65 bits per heavy atom. The summed E-state index contributed by atoms with van der Waals surface area (Å²) in [5, 5.41) is 3.19. The number of anilines is 1. The Morgan fingerprint density at radius 3 is 2.30 bits per heavy atom. The molecule has 0 aliphatic heterocycles. The molecule has 8 nitrogen and oxygen atoms in total. The first-order chi connectivity index (χ1) is 20.6. The molecule has 1 atom stereocenters. The van der Waals surface area contributed by atoms with Crippen LogP contribution < -0.4 is 14.4 Å². The number of ether oxygens (including phenoxy) is 1. The average molecular weight is 606 g/mol. The summed E-state index contributed by atoms with van der Waals surface area (Å²) in [6.45, 7) is 5.42. The molecule has 1 aliphatic carbocycles. The van der Waals surface area contributed by atoms with Crippen molar-refractivity contribution < 1.29 is 22.7 Å². The van der Waals surface area contributed by atoms with Gasteiger partial charge in [-0.05, 0) is 68.5 Å². The lowest BCUT2D eigenvalue weighted by Gasteiger charge is -2.34.